The molecular weight excluding hydrogens is 396 g/mol. The first-order chi connectivity index (χ1) is 14.9. The summed E-state index contributed by atoms with van der Waals surface area (Å²) in [4.78, 5) is 35.9. The summed E-state index contributed by atoms with van der Waals surface area (Å²) in [6, 6.07) is 8.58. The fraction of sp³-hybridized carbons (Fsp3) is 0.542. The zero-order valence-electron chi connectivity index (χ0n) is 17.9. The molecule has 1 amide bonds. The Labute approximate surface area is 183 Å². The molecule has 7 heteroatoms. The van der Waals surface area contributed by atoms with Crippen molar-refractivity contribution in [3.8, 4) is 0 Å². The lowest BCUT2D eigenvalue weighted by molar-refractivity contribution is -0.159. The molecule has 4 rings (SSSR count). The number of hydrogen-bond acceptors (Lipinski definition) is 4. The Balaban J connectivity index is 0.000000401. The summed E-state index contributed by atoms with van der Waals surface area (Å²) in [5, 5.41) is 14.8. The van der Waals surface area contributed by atoms with Gasteiger partial charge in [0.2, 0.25) is 5.91 Å². The Kier molecular flexibility index (Phi) is 8.23. The number of piperidine rings is 1. The van der Waals surface area contributed by atoms with E-state index < -0.39 is 11.9 Å². The second kappa shape index (κ2) is 11.1. The molecule has 7 nitrogen and oxygen atoms in total. The van der Waals surface area contributed by atoms with Crippen molar-refractivity contribution < 1.29 is 24.6 Å². The van der Waals surface area contributed by atoms with Crippen molar-refractivity contribution in [2.24, 2.45) is 11.8 Å². The van der Waals surface area contributed by atoms with Crippen LogP contribution in [0.25, 0.3) is 0 Å². The van der Waals surface area contributed by atoms with Gasteiger partial charge in [-0.2, -0.15) is 0 Å². The highest BCUT2D eigenvalue weighted by Gasteiger charge is 2.30. The van der Waals surface area contributed by atoms with Crippen molar-refractivity contribution >= 4 is 17.8 Å². The Morgan fingerprint density at radius 3 is 2.19 bits per heavy atom. The third kappa shape index (κ3) is 6.66. The summed E-state index contributed by atoms with van der Waals surface area (Å²) in [7, 11) is 0. The second-order valence-electron chi connectivity index (χ2n) is 8.61. The van der Waals surface area contributed by atoms with E-state index in [0.29, 0.717) is 5.91 Å². The third-order valence-corrected chi connectivity index (χ3v) is 6.46. The summed E-state index contributed by atoms with van der Waals surface area (Å²) in [5.74, 6) is -2.18. The molecule has 0 bridgehead atoms. The van der Waals surface area contributed by atoms with E-state index in [2.05, 4.69) is 46.2 Å². The van der Waals surface area contributed by atoms with Gasteiger partial charge in [0.15, 0.2) is 0 Å². The maximum Gasteiger partial charge on any atom is 0.414 e. The van der Waals surface area contributed by atoms with Gasteiger partial charge in [-0.1, -0.05) is 36.4 Å². The largest absolute Gasteiger partial charge is 0.473 e. The number of carbonyl (C=O) groups is 3. The van der Waals surface area contributed by atoms with Gasteiger partial charge < -0.3 is 20.0 Å². The first kappa shape index (κ1) is 23.0. The molecular formula is C24H32N2O5. The van der Waals surface area contributed by atoms with Crippen LogP contribution < -0.4 is 0 Å². The minimum Gasteiger partial charge on any atom is -0.473 e. The molecule has 1 aliphatic carbocycles. The first-order valence-electron chi connectivity index (χ1n) is 11.1. The van der Waals surface area contributed by atoms with Crippen molar-refractivity contribution in [2.75, 3.05) is 26.2 Å². The van der Waals surface area contributed by atoms with Gasteiger partial charge in [-0.3, -0.25) is 4.79 Å². The van der Waals surface area contributed by atoms with Crippen LogP contribution in [0.15, 0.2) is 36.4 Å². The standard InChI is InChI=1S/C22H30N2O.C2H2O4/c25-22(24-15-12-19-8-4-5-9-21(19)17-24)20-10-13-23(14-11-20)16-18-6-2-1-3-7-18;3-1(4)2(5)6/h1-2,4-5,8-9,18,20H,3,6-7,10-17H2;(H,3,4)(H,5,6). The maximum absolute atomic E-state index is 13.0. The Hall–Kier alpha value is -2.67. The smallest absolute Gasteiger partial charge is 0.414 e. The van der Waals surface area contributed by atoms with Crippen LogP contribution in [-0.2, 0) is 27.3 Å². The summed E-state index contributed by atoms with van der Waals surface area (Å²) in [6.45, 7) is 5.12. The van der Waals surface area contributed by atoms with Crippen LogP contribution in [0.3, 0.4) is 0 Å². The zero-order valence-corrected chi connectivity index (χ0v) is 17.9. The van der Waals surface area contributed by atoms with Gasteiger partial charge in [0.1, 0.15) is 0 Å². The molecule has 0 aromatic heterocycles. The van der Waals surface area contributed by atoms with Crippen molar-refractivity contribution in [2.45, 2.75) is 45.1 Å². The predicted molar refractivity (Wildman–Crippen MR) is 116 cm³/mol. The minimum absolute atomic E-state index is 0.243. The second-order valence-corrected chi connectivity index (χ2v) is 8.61. The lowest BCUT2D eigenvalue weighted by atomic mass is 9.90. The number of carboxylic acid groups (broad SMARTS) is 2. The third-order valence-electron chi connectivity index (χ3n) is 6.46. The minimum atomic E-state index is -1.82. The number of benzene rings is 1. The number of allylic oxidation sites excluding steroid dienone is 2. The normalized spacial score (nSPS) is 21.5. The zero-order chi connectivity index (χ0) is 22.2. The number of rotatable bonds is 3. The van der Waals surface area contributed by atoms with E-state index in [4.69, 9.17) is 19.8 Å². The van der Waals surface area contributed by atoms with E-state index in [0.717, 1.165) is 51.4 Å². The van der Waals surface area contributed by atoms with E-state index in [1.165, 1.54) is 36.9 Å². The van der Waals surface area contributed by atoms with Crippen molar-refractivity contribution in [3.05, 3.63) is 47.5 Å². The Morgan fingerprint density at radius 1 is 0.903 bits per heavy atom. The molecule has 1 fully saturated rings. The number of carbonyl (C=O) groups excluding carboxylic acids is 1. The van der Waals surface area contributed by atoms with Crippen molar-refractivity contribution in [1.82, 2.24) is 9.80 Å². The van der Waals surface area contributed by atoms with E-state index >= 15 is 0 Å². The van der Waals surface area contributed by atoms with E-state index in [1.54, 1.807) is 0 Å². The molecule has 2 N–H and O–H groups in total. The monoisotopic (exact) mass is 428 g/mol. The molecule has 2 heterocycles. The van der Waals surface area contributed by atoms with Crippen molar-refractivity contribution in [1.29, 1.82) is 0 Å². The fourth-order valence-corrected chi connectivity index (χ4v) is 4.69. The van der Waals surface area contributed by atoms with E-state index in [1.807, 2.05) is 0 Å². The number of hydrogen-bond donors (Lipinski definition) is 2. The number of fused-ring (bicyclic) bond motifs is 1. The van der Waals surface area contributed by atoms with Crippen LogP contribution in [0, 0.1) is 11.8 Å². The molecule has 1 aromatic carbocycles. The molecule has 1 aromatic rings. The lowest BCUT2D eigenvalue weighted by Crippen LogP contribution is -2.45. The molecule has 3 aliphatic rings. The first-order valence-corrected chi connectivity index (χ1v) is 11.1. The van der Waals surface area contributed by atoms with Crippen LogP contribution >= 0.6 is 0 Å². The van der Waals surface area contributed by atoms with Crippen LogP contribution in [0.1, 0.15) is 43.2 Å². The number of carboxylic acids is 2. The molecule has 1 atom stereocenters. The molecule has 0 spiro atoms. The number of likely N-dealkylation sites (tertiary alicyclic amines) is 1. The fourth-order valence-electron chi connectivity index (χ4n) is 4.69. The molecule has 1 unspecified atom stereocenters. The Morgan fingerprint density at radius 2 is 1.58 bits per heavy atom. The van der Waals surface area contributed by atoms with Gasteiger partial charge in [-0.05, 0) is 68.7 Å². The quantitative estimate of drug-likeness (QED) is 0.568. The van der Waals surface area contributed by atoms with Gasteiger partial charge in [0, 0.05) is 25.6 Å². The molecule has 1 saturated heterocycles. The SMILES string of the molecule is O=C(C1CCN(CC2CC=CCC2)CC1)N1CCc2ccccc2C1.O=C(O)C(=O)O. The number of aliphatic carboxylic acids is 2. The van der Waals surface area contributed by atoms with Gasteiger partial charge in [-0.25, -0.2) is 9.59 Å². The number of nitrogens with zero attached hydrogens (tertiary/aromatic N) is 2. The van der Waals surface area contributed by atoms with Gasteiger partial charge in [-0.15, -0.1) is 0 Å². The number of amides is 1. The molecule has 0 radical (unpaired) electrons. The summed E-state index contributed by atoms with van der Waals surface area (Å²) >= 11 is 0. The average Bonchev–Trinajstić information content (AvgIpc) is 2.80. The highest BCUT2D eigenvalue weighted by atomic mass is 16.4. The van der Waals surface area contributed by atoms with Crippen molar-refractivity contribution in [3.63, 3.8) is 0 Å². The molecule has 0 saturated carbocycles. The molecule has 168 valence electrons. The highest BCUT2D eigenvalue weighted by Crippen LogP contribution is 2.26. The summed E-state index contributed by atoms with van der Waals surface area (Å²) < 4.78 is 0. The maximum atomic E-state index is 13.0. The predicted octanol–water partition coefficient (Wildman–Crippen LogP) is 2.80. The average molecular weight is 429 g/mol. The van der Waals surface area contributed by atoms with E-state index in [9.17, 15) is 4.79 Å². The van der Waals surface area contributed by atoms with Gasteiger partial charge >= 0.3 is 11.9 Å². The molecule has 31 heavy (non-hydrogen) atoms. The van der Waals surface area contributed by atoms with Crippen LogP contribution in [-0.4, -0.2) is 64.0 Å². The highest BCUT2D eigenvalue weighted by molar-refractivity contribution is 6.27. The molecule has 2 aliphatic heterocycles. The summed E-state index contributed by atoms with van der Waals surface area (Å²) in [5.41, 5.74) is 2.76. The Bertz CT molecular complexity index is 802. The van der Waals surface area contributed by atoms with Crippen LogP contribution in [0.2, 0.25) is 0 Å². The lowest BCUT2D eigenvalue weighted by Gasteiger charge is -2.37. The topological polar surface area (TPSA) is 98.2 Å². The summed E-state index contributed by atoms with van der Waals surface area (Å²) in [6.07, 6.45) is 11.6. The van der Waals surface area contributed by atoms with Gasteiger partial charge in [0.25, 0.3) is 0 Å². The van der Waals surface area contributed by atoms with Crippen LogP contribution in [0.4, 0.5) is 0 Å². The van der Waals surface area contributed by atoms with E-state index in [-0.39, 0.29) is 5.92 Å². The van der Waals surface area contributed by atoms with Gasteiger partial charge in [0.05, 0.1) is 0 Å². The van der Waals surface area contributed by atoms with Crippen LogP contribution in [0.5, 0.6) is 0 Å².